The van der Waals surface area contributed by atoms with Gasteiger partial charge in [0, 0.05) is 25.2 Å². The maximum Gasteiger partial charge on any atom is 0.240 e. The van der Waals surface area contributed by atoms with Crippen molar-refractivity contribution in [3.8, 4) is 0 Å². The van der Waals surface area contributed by atoms with Crippen molar-refractivity contribution in [2.75, 3.05) is 27.3 Å². The molecular weight excluding hydrogens is 288 g/mol. The number of ether oxygens (including phenoxy) is 1. The highest BCUT2D eigenvalue weighted by atomic mass is 35.5. The molecule has 19 heavy (non-hydrogen) atoms. The van der Waals surface area contributed by atoms with Crippen LogP contribution in [-0.4, -0.2) is 35.7 Å². The van der Waals surface area contributed by atoms with E-state index in [1.165, 1.54) is 13.2 Å². The molecule has 7 heteroatoms. The van der Waals surface area contributed by atoms with Crippen molar-refractivity contribution < 1.29 is 13.2 Å². The monoisotopic (exact) mass is 306 g/mol. The molecule has 1 aromatic carbocycles. The highest BCUT2D eigenvalue weighted by Crippen LogP contribution is 2.24. The van der Waals surface area contributed by atoms with Crippen LogP contribution in [0.4, 0.5) is 0 Å². The van der Waals surface area contributed by atoms with Gasteiger partial charge in [0.05, 0.1) is 11.5 Å². The second-order valence-corrected chi connectivity index (χ2v) is 6.28. The van der Waals surface area contributed by atoms with Crippen LogP contribution in [0.3, 0.4) is 0 Å². The van der Waals surface area contributed by atoms with E-state index in [9.17, 15) is 8.42 Å². The molecule has 0 aliphatic heterocycles. The average molecular weight is 307 g/mol. The van der Waals surface area contributed by atoms with Gasteiger partial charge >= 0.3 is 0 Å². The number of hydrogen-bond donors (Lipinski definition) is 2. The fraction of sp³-hybridized carbons (Fsp3) is 0.500. The Morgan fingerprint density at radius 3 is 2.63 bits per heavy atom. The molecule has 0 aromatic heterocycles. The maximum absolute atomic E-state index is 12.2. The molecular formula is C12H19ClN2O3S. The summed E-state index contributed by atoms with van der Waals surface area (Å²) in [5.74, 6) is 0. The Balaban J connectivity index is 3.11. The number of methoxy groups -OCH3 is 1. The van der Waals surface area contributed by atoms with Gasteiger partial charge in [-0.05, 0) is 37.2 Å². The number of hydrogen-bond acceptors (Lipinski definition) is 4. The molecule has 0 spiro atoms. The molecule has 0 saturated heterocycles. The molecule has 0 saturated carbocycles. The fourth-order valence-electron chi connectivity index (χ4n) is 1.72. The third kappa shape index (κ3) is 4.43. The van der Waals surface area contributed by atoms with E-state index in [1.54, 1.807) is 20.0 Å². The summed E-state index contributed by atoms with van der Waals surface area (Å²) in [6, 6.07) is 3.23. The molecule has 0 bridgehead atoms. The van der Waals surface area contributed by atoms with Gasteiger partial charge in [-0.15, -0.1) is 0 Å². The molecule has 5 nitrogen and oxygen atoms in total. The molecule has 0 atom stereocenters. The molecule has 1 aromatic rings. The third-order valence-corrected chi connectivity index (χ3v) is 4.49. The number of rotatable bonds is 7. The van der Waals surface area contributed by atoms with E-state index in [0.717, 1.165) is 5.56 Å². The Morgan fingerprint density at radius 2 is 2.05 bits per heavy atom. The lowest BCUT2D eigenvalue weighted by molar-refractivity contribution is 0.204. The average Bonchev–Trinajstić information content (AvgIpc) is 2.33. The van der Waals surface area contributed by atoms with Crippen molar-refractivity contribution in [2.45, 2.75) is 18.4 Å². The van der Waals surface area contributed by atoms with Crippen molar-refractivity contribution in [3.63, 3.8) is 0 Å². The lowest BCUT2D eigenvalue weighted by atomic mass is 10.1. The molecule has 0 aliphatic carbocycles. The molecule has 1 rings (SSSR count). The van der Waals surface area contributed by atoms with Crippen LogP contribution in [0, 0.1) is 6.92 Å². The molecule has 0 amide bonds. The topological polar surface area (TPSA) is 67.4 Å². The van der Waals surface area contributed by atoms with Crippen LogP contribution >= 0.6 is 11.6 Å². The molecule has 0 aliphatic rings. The van der Waals surface area contributed by atoms with Crippen molar-refractivity contribution >= 4 is 21.6 Å². The van der Waals surface area contributed by atoms with Gasteiger partial charge in [-0.1, -0.05) is 11.6 Å². The fourth-order valence-corrected chi connectivity index (χ4v) is 3.35. The minimum Gasteiger partial charge on any atom is -0.383 e. The van der Waals surface area contributed by atoms with E-state index in [-0.39, 0.29) is 11.4 Å². The van der Waals surface area contributed by atoms with Crippen molar-refractivity contribution in [2.24, 2.45) is 0 Å². The minimum absolute atomic E-state index is 0.210. The van der Waals surface area contributed by atoms with Crippen molar-refractivity contribution in [1.82, 2.24) is 10.0 Å². The van der Waals surface area contributed by atoms with E-state index in [4.69, 9.17) is 16.3 Å². The van der Waals surface area contributed by atoms with Crippen LogP contribution in [0.1, 0.15) is 11.1 Å². The first-order chi connectivity index (χ1) is 8.92. The number of nitrogens with one attached hydrogen (secondary N) is 2. The highest BCUT2D eigenvalue weighted by Gasteiger charge is 2.19. The minimum atomic E-state index is -3.57. The van der Waals surface area contributed by atoms with Gasteiger partial charge in [0.25, 0.3) is 0 Å². The highest BCUT2D eigenvalue weighted by molar-refractivity contribution is 7.89. The third-order valence-electron chi connectivity index (χ3n) is 2.69. The van der Waals surface area contributed by atoms with E-state index in [1.807, 2.05) is 0 Å². The quantitative estimate of drug-likeness (QED) is 0.745. The van der Waals surface area contributed by atoms with E-state index in [0.29, 0.717) is 23.7 Å². The van der Waals surface area contributed by atoms with Gasteiger partial charge in [0.2, 0.25) is 10.0 Å². The SMILES string of the molecule is CNCc1cc(Cl)cc(S(=O)(=O)NCCOC)c1C. The summed E-state index contributed by atoms with van der Waals surface area (Å²) in [7, 11) is -0.254. The smallest absolute Gasteiger partial charge is 0.240 e. The lowest BCUT2D eigenvalue weighted by Gasteiger charge is -2.13. The predicted octanol–water partition coefficient (Wildman–Crippen LogP) is 1.29. The molecule has 108 valence electrons. The summed E-state index contributed by atoms with van der Waals surface area (Å²) in [5, 5.41) is 3.39. The molecule has 0 unspecified atom stereocenters. The Morgan fingerprint density at radius 1 is 1.37 bits per heavy atom. The number of sulfonamides is 1. The second kappa shape index (κ2) is 7.21. The lowest BCUT2D eigenvalue weighted by Crippen LogP contribution is -2.28. The Kier molecular flexibility index (Phi) is 6.22. The van der Waals surface area contributed by atoms with Gasteiger partial charge in [-0.3, -0.25) is 0 Å². The molecule has 2 N–H and O–H groups in total. The van der Waals surface area contributed by atoms with Crippen LogP contribution in [-0.2, 0) is 21.3 Å². The zero-order valence-corrected chi connectivity index (χ0v) is 12.9. The summed E-state index contributed by atoms with van der Waals surface area (Å²) in [6.07, 6.45) is 0. The molecule has 0 radical (unpaired) electrons. The van der Waals surface area contributed by atoms with Gasteiger partial charge < -0.3 is 10.1 Å². The number of benzene rings is 1. The summed E-state index contributed by atoms with van der Waals surface area (Å²) in [5.41, 5.74) is 1.56. The van der Waals surface area contributed by atoms with E-state index < -0.39 is 10.0 Å². The summed E-state index contributed by atoms with van der Waals surface area (Å²) in [4.78, 5) is 0.210. The van der Waals surface area contributed by atoms with Crippen molar-refractivity contribution in [3.05, 3.63) is 28.3 Å². The van der Waals surface area contributed by atoms with Gasteiger partial charge in [0.1, 0.15) is 0 Å². The standard InChI is InChI=1S/C12H19ClN2O3S/c1-9-10(8-14-2)6-11(13)7-12(9)19(16,17)15-4-5-18-3/h6-7,14-15H,4-5,8H2,1-3H3. The van der Waals surface area contributed by atoms with E-state index >= 15 is 0 Å². The van der Waals surface area contributed by atoms with E-state index in [2.05, 4.69) is 10.0 Å². The summed E-state index contributed by atoms with van der Waals surface area (Å²) >= 11 is 5.98. The normalized spacial score (nSPS) is 11.8. The first-order valence-electron chi connectivity index (χ1n) is 5.84. The Hall–Kier alpha value is -0.660. The zero-order valence-electron chi connectivity index (χ0n) is 11.3. The van der Waals surface area contributed by atoms with Gasteiger partial charge in [-0.25, -0.2) is 13.1 Å². The number of halogens is 1. The summed E-state index contributed by atoms with van der Waals surface area (Å²) < 4.78 is 31.7. The molecule has 0 heterocycles. The largest absolute Gasteiger partial charge is 0.383 e. The van der Waals surface area contributed by atoms with Crippen LogP contribution in [0.2, 0.25) is 5.02 Å². The first-order valence-corrected chi connectivity index (χ1v) is 7.70. The van der Waals surface area contributed by atoms with Gasteiger partial charge in [-0.2, -0.15) is 0 Å². The first kappa shape index (κ1) is 16.4. The van der Waals surface area contributed by atoms with Crippen molar-refractivity contribution in [1.29, 1.82) is 0 Å². The van der Waals surface area contributed by atoms with Crippen LogP contribution in [0.25, 0.3) is 0 Å². The van der Waals surface area contributed by atoms with Gasteiger partial charge in [0.15, 0.2) is 0 Å². The second-order valence-electron chi connectivity index (χ2n) is 4.11. The predicted molar refractivity (Wildman–Crippen MR) is 76.0 cm³/mol. The van der Waals surface area contributed by atoms with Crippen LogP contribution in [0.15, 0.2) is 17.0 Å². The van der Waals surface area contributed by atoms with Crippen LogP contribution < -0.4 is 10.0 Å². The maximum atomic E-state index is 12.2. The summed E-state index contributed by atoms with van der Waals surface area (Å²) in [6.45, 7) is 2.88. The Bertz CT molecular complexity index is 532. The molecule has 0 fully saturated rings. The van der Waals surface area contributed by atoms with Crippen LogP contribution in [0.5, 0.6) is 0 Å². The zero-order chi connectivity index (χ0) is 14.5. The Labute approximate surface area is 119 Å².